The molecule has 0 aliphatic rings. The Labute approximate surface area is 119 Å². The van der Waals surface area contributed by atoms with E-state index in [1.807, 2.05) is 13.8 Å². The molecule has 2 unspecified atom stereocenters. The Bertz CT molecular complexity index is 412. The first-order valence-electron chi connectivity index (χ1n) is 6.41. The Morgan fingerprint density at radius 1 is 1.42 bits per heavy atom. The molecule has 3 N–H and O–H groups in total. The van der Waals surface area contributed by atoms with Gasteiger partial charge in [-0.2, -0.15) is 0 Å². The van der Waals surface area contributed by atoms with E-state index in [0.717, 1.165) is 0 Å². The monoisotopic (exact) mass is 284 g/mol. The molecular weight excluding hydrogens is 264 g/mol. The molecule has 1 rings (SSSR count). The van der Waals surface area contributed by atoms with Gasteiger partial charge in [-0.25, -0.2) is 0 Å². The van der Waals surface area contributed by atoms with Crippen molar-refractivity contribution in [2.75, 3.05) is 18.5 Å². The van der Waals surface area contributed by atoms with E-state index in [0.29, 0.717) is 23.7 Å². The molecule has 0 spiro atoms. The Morgan fingerprint density at radius 2 is 2.16 bits per heavy atom. The number of carbonyl (C=O) groups excluding carboxylic acids is 1. The van der Waals surface area contributed by atoms with Gasteiger partial charge in [0, 0.05) is 36.3 Å². The van der Waals surface area contributed by atoms with Gasteiger partial charge in [0.25, 0.3) is 0 Å². The van der Waals surface area contributed by atoms with Crippen LogP contribution < -0.4 is 10.6 Å². The molecule has 0 fully saturated rings. The lowest BCUT2D eigenvalue weighted by molar-refractivity contribution is -0.116. The van der Waals surface area contributed by atoms with Gasteiger partial charge >= 0.3 is 0 Å². The molecule has 19 heavy (non-hydrogen) atoms. The van der Waals surface area contributed by atoms with Crippen LogP contribution >= 0.6 is 11.6 Å². The number of amides is 1. The Balaban J connectivity index is 2.34. The van der Waals surface area contributed by atoms with Crippen molar-refractivity contribution in [2.24, 2.45) is 5.92 Å². The lowest BCUT2D eigenvalue weighted by Crippen LogP contribution is -2.34. The summed E-state index contributed by atoms with van der Waals surface area (Å²) in [6.07, 6.45) is 0.380. The van der Waals surface area contributed by atoms with Crippen molar-refractivity contribution in [1.82, 2.24) is 5.32 Å². The van der Waals surface area contributed by atoms with Gasteiger partial charge in [-0.3, -0.25) is 4.79 Å². The first-order valence-corrected chi connectivity index (χ1v) is 6.78. The molecular formula is C14H21ClN2O2. The fourth-order valence-corrected chi connectivity index (χ4v) is 1.79. The Hall–Kier alpha value is -1.10. The fraction of sp³-hybridized carbons (Fsp3) is 0.500. The maximum Gasteiger partial charge on any atom is 0.225 e. The van der Waals surface area contributed by atoms with E-state index in [1.165, 1.54) is 0 Å². The first-order chi connectivity index (χ1) is 9.01. The lowest BCUT2D eigenvalue weighted by Gasteiger charge is -2.16. The van der Waals surface area contributed by atoms with Crippen LogP contribution in [0.15, 0.2) is 24.3 Å². The van der Waals surface area contributed by atoms with Crippen LogP contribution in [-0.4, -0.2) is 30.2 Å². The van der Waals surface area contributed by atoms with Crippen molar-refractivity contribution in [2.45, 2.75) is 26.3 Å². The highest BCUT2D eigenvalue weighted by Crippen LogP contribution is 2.15. The molecule has 1 amide bonds. The maximum absolute atomic E-state index is 11.8. The largest absolute Gasteiger partial charge is 0.396 e. The van der Waals surface area contributed by atoms with Gasteiger partial charge in [-0.1, -0.05) is 24.6 Å². The van der Waals surface area contributed by atoms with Gasteiger partial charge < -0.3 is 15.7 Å². The topological polar surface area (TPSA) is 61.4 Å². The zero-order valence-corrected chi connectivity index (χ0v) is 12.1. The van der Waals surface area contributed by atoms with Gasteiger partial charge in [0.05, 0.1) is 0 Å². The molecule has 4 nitrogen and oxygen atoms in total. The highest BCUT2D eigenvalue weighted by atomic mass is 35.5. The van der Waals surface area contributed by atoms with Crippen molar-refractivity contribution in [3.63, 3.8) is 0 Å². The molecule has 0 saturated carbocycles. The van der Waals surface area contributed by atoms with Crippen molar-refractivity contribution >= 4 is 23.2 Å². The third kappa shape index (κ3) is 6.57. The summed E-state index contributed by atoms with van der Waals surface area (Å²) in [6, 6.07) is 7.13. The average Bonchev–Trinajstić information content (AvgIpc) is 2.35. The predicted molar refractivity (Wildman–Crippen MR) is 78.4 cm³/mol. The number of halogens is 1. The van der Waals surface area contributed by atoms with Crippen molar-refractivity contribution in [3.8, 4) is 0 Å². The maximum atomic E-state index is 11.8. The summed E-state index contributed by atoms with van der Waals surface area (Å²) in [5.74, 6) is 0.136. The van der Waals surface area contributed by atoms with Gasteiger partial charge in [-0.15, -0.1) is 0 Å². The van der Waals surface area contributed by atoms with Gasteiger partial charge in [0.2, 0.25) is 5.91 Å². The molecule has 2 atom stereocenters. The van der Waals surface area contributed by atoms with Crippen LogP contribution in [0, 0.1) is 5.92 Å². The summed E-state index contributed by atoms with van der Waals surface area (Å²) in [4.78, 5) is 11.8. The van der Waals surface area contributed by atoms with Gasteiger partial charge in [0.15, 0.2) is 0 Å². The molecule has 0 aliphatic carbocycles. The van der Waals surface area contributed by atoms with E-state index in [9.17, 15) is 4.79 Å². The summed E-state index contributed by atoms with van der Waals surface area (Å²) < 4.78 is 0. The fourth-order valence-electron chi connectivity index (χ4n) is 1.60. The van der Waals surface area contributed by atoms with Crippen molar-refractivity contribution in [1.29, 1.82) is 0 Å². The molecule has 0 aliphatic heterocycles. The highest BCUT2D eigenvalue weighted by Gasteiger charge is 2.10. The number of anilines is 1. The summed E-state index contributed by atoms with van der Waals surface area (Å²) >= 11 is 5.85. The molecule has 0 heterocycles. The summed E-state index contributed by atoms with van der Waals surface area (Å²) in [5, 5.41) is 15.5. The summed E-state index contributed by atoms with van der Waals surface area (Å²) in [7, 11) is 0. The van der Waals surface area contributed by atoms with Gasteiger partial charge in [-0.05, 0) is 31.0 Å². The molecule has 1 aromatic rings. The van der Waals surface area contributed by atoms with Crippen LogP contribution in [0.1, 0.15) is 20.3 Å². The third-order valence-electron chi connectivity index (χ3n) is 2.73. The van der Waals surface area contributed by atoms with Crippen molar-refractivity contribution < 1.29 is 9.90 Å². The van der Waals surface area contributed by atoms with E-state index in [4.69, 9.17) is 16.7 Å². The number of hydrogen-bond acceptors (Lipinski definition) is 3. The van der Waals surface area contributed by atoms with Crippen molar-refractivity contribution in [3.05, 3.63) is 29.3 Å². The number of aliphatic hydroxyl groups is 1. The molecule has 0 bridgehead atoms. The minimum absolute atomic E-state index is 0.0566. The van der Waals surface area contributed by atoms with E-state index >= 15 is 0 Å². The standard InChI is InChI=1S/C14H21ClN2O2/c1-10(9-18)8-16-11(2)6-14(19)17-13-5-3-4-12(15)7-13/h3-5,7,10-11,16,18H,6,8-9H2,1-2H3,(H,17,19). The second-order valence-corrected chi connectivity index (χ2v) is 5.30. The normalized spacial score (nSPS) is 13.9. The van der Waals surface area contributed by atoms with Gasteiger partial charge in [0.1, 0.15) is 0 Å². The third-order valence-corrected chi connectivity index (χ3v) is 2.96. The Kier molecular flexibility index (Phi) is 6.84. The number of aliphatic hydroxyl groups excluding tert-OH is 1. The average molecular weight is 285 g/mol. The quantitative estimate of drug-likeness (QED) is 0.720. The minimum atomic E-state index is -0.0566. The van der Waals surface area contributed by atoms with E-state index in [2.05, 4.69) is 10.6 Å². The van der Waals surface area contributed by atoms with Crippen LogP contribution in [0.2, 0.25) is 5.02 Å². The smallest absolute Gasteiger partial charge is 0.225 e. The van der Waals surface area contributed by atoms with E-state index in [-0.39, 0.29) is 24.5 Å². The number of benzene rings is 1. The molecule has 0 radical (unpaired) electrons. The number of rotatable bonds is 7. The van der Waals surface area contributed by atoms with Crippen LogP contribution in [0.3, 0.4) is 0 Å². The van der Waals surface area contributed by atoms with Crippen LogP contribution in [0.25, 0.3) is 0 Å². The summed E-state index contributed by atoms with van der Waals surface area (Å²) in [6.45, 7) is 4.74. The predicted octanol–water partition coefficient (Wildman–Crippen LogP) is 2.28. The molecule has 5 heteroatoms. The zero-order valence-electron chi connectivity index (χ0n) is 11.3. The van der Waals surface area contributed by atoms with E-state index in [1.54, 1.807) is 24.3 Å². The molecule has 0 aromatic heterocycles. The van der Waals surface area contributed by atoms with Crippen LogP contribution in [0.4, 0.5) is 5.69 Å². The first kappa shape index (κ1) is 16.0. The second-order valence-electron chi connectivity index (χ2n) is 4.86. The molecule has 1 aromatic carbocycles. The molecule has 0 saturated heterocycles. The summed E-state index contributed by atoms with van der Waals surface area (Å²) in [5.41, 5.74) is 0.702. The Morgan fingerprint density at radius 3 is 2.79 bits per heavy atom. The van der Waals surface area contributed by atoms with Crippen LogP contribution in [-0.2, 0) is 4.79 Å². The van der Waals surface area contributed by atoms with Crippen LogP contribution in [0.5, 0.6) is 0 Å². The minimum Gasteiger partial charge on any atom is -0.396 e. The number of nitrogens with one attached hydrogen (secondary N) is 2. The SMILES string of the molecule is CC(CO)CNC(C)CC(=O)Nc1cccc(Cl)c1. The number of carbonyl (C=O) groups is 1. The van der Waals surface area contributed by atoms with E-state index < -0.39 is 0 Å². The molecule has 106 valence electrons. The second kappa shape index (κ2) is 8.15. The highest BCUT2D eigenvalue weighted by molar-refractivity contribution is 6.30. The lowest BCUT2D eigenvalue weighted by atomic mass is 10.1. The zero-order chi connectivity index (χ0) is 14.3. The number of hydrogen-bond donors (Lipinski definition) is 3.